The fraction of sp³-hybridized carbons (Fsp3) is 0.0588. The predicted molar refractivity (Wildman–Crippen MR) is 98.5 cm³/mol. The van der Waals surface area contributed by atoms with Gasteiger partial charge in [0.05, 0.1) is 5.52 Å². The summed E-state index contributed by atoms with van der Waals surface area (Å²) in [5, 5.41) is 29.6. The monoisotopic (exact) mass is 364 g/mol. The third-order valence-corrected chi connectivity index (χ3v) is 4.03. The second kappa shape index (κ2) is 7.10. The number of fused-ring (bicyclic) bond motifs is 1. The Morgan fingerprint density at radius 1 is 1.11 bits per heavy atom. The zero-order valence-electron chi connectivity index (χ0n) is 14.0. The van der Waals surface area contributed by atoms with E-state index in [1.807, 2.05) is 0 Å². The van der Waals surface area contributed by atoms with Crippen molar-refractivity contribution in [2.75, 3.05) is 5.32 Å². The van der Waals surface area contributed by atoms with E-state index in [1.165, 1.54) is 18.5 Å². The van der Waals surface area contributed by atoms with E-state index < -0.39 is 7.12 Å². The van der Waals surface area contributed by atoms with Crippen molar-refractivity contribution < 1.29 is 14.4 Å². The van der Waals surface area contributed by atoms with Crippen LogP contribution in [0.4, 0.5) is 10.3 Å². The minimum Gasteiger partial charge on any atom is -0.423 e. The van der Waals surface area contributed by atoms with E-state index >= 15 is 0 Å². The van der Waals surface area contributed by atoms with Gasteiger partial charge in [0.1, 0.15) is 17.8 Å². The molecule has 0 unspecified atom stereocenters. The molecule has 0 amide bonds. The van der Waals surface area contributed by atoms with E-state index in [0.717, 1.165) is 5.56 Å². The first-order valence-electron chi connectivity index (χ1n) is 8.12. The van der Waals surface area contributed by atoms with Crippen molar-refractivity contribution in [3.63, 3.8) is 0 Å². The smallest absolute Gasteiger partial charge is 0.423 e. The first-order valence-corrected chi connectivity index (χ1v) is 8.12. The van der Waals surface area contributed by atoms with Gasteiger partial charge in [-0.25, -0.2) is 14.4 Å². The lowest BCUT2D eigenvalue weighted by Crippen LogP contribution is -2.30. The van der Waals surface area contributed by atoms with E-state index in [1.54, 1.807) is 30.3 Å². The molecule has 8 nitrogen and oxygen atoms in total. The molecule has 0 aliphatic heterocycles. The Morgan fingerprint density at radius 2 is 1.96 bits per heavy atom. The lowest BCUT2D eigenvalue weighted by atomic mass is 9.79. The maximum Gasteiger partial charge on any atom is 0.490 e. The quantitative estimate of drug-likeness (QED) is 0.388. The summed E-state index contributed by atoms with van der Waals surface area (Å²) in [4.78, 5) is 12.6. The average molecular weight is 364 g/mol. The highest BCUT2D eigenvalue weighted by molar-refractivity contribution is 6.61. The van der Waals surface area contributed by atoms with Gasteiger partial charge >= 0.3 is 7.12 Å². The van der Waals surface area contributed by atoms with Gasteiger partial charge in [0.15, 0.2) is 5.82 Å². The average Bonchev–Trinajstić information content (AvgIpc) is 3.11. The number of nitrogens with zero attached hydrogens (tertiary/aromatic N) is 4. The number of anilines is 1. The molecule has 4 N–H and O–H groups in total. The van der Waals surface area contributed by atoms with Crippen LogP contribution in [0.3, 0.4) is 0 Å². The largest absolute Gasteiger partial charge is 0.490 e. The lowest BCUT2D eigenvalue weighted by molar-refractivity contribution is 0.426. The first kappa shape index (κ1) is 17.1. The van der Waals surface area contributed by atoms with E-state index in [0.29, 0.717) is 40.4 Å². The van der Waals surface area contributed by atoms with Crippen LogP contribution in [0.15, 0.2) is 48.8 Å². The number of aromatic amines is 1. The highest BCUT2D eigenvalue weighted by atomic mass is 19.1. The highest BCUT2D eigenvalue weighted by Gasteiger charge is 2.19. The third kappa shape index (κ3) is 3.48. The molecule has 0 spiro atoms. The number of hydrogen-bond donors (Lipinski definition) is 4. The number of aromatic nitrogens is 5. The van der Waals surface area contributed by atoms with Gasteiger partial charge in [0, 0.05) is 17.4 Å². The zero-order valence-corrected chi connectivity index (χ0v) is 14.0. The Kier molecular flexibility index (Phi) is 4.49. The van der Waals surface area contributed by atoms with Crippen molar-refractivity contribution in [2.45, 2.75) is 6.54 Å². The van der Waals surface area contributed by atoms with Gasteiger partial charge in [0.2, 0.25) is 5.95 Å². The molecule has 4 aromatic rings. The molecule has 0 atom stereocenters. The first-order chi connectivity index (χ1) is 13.1. The summed E-state index contributed by atoms with van der Waals surface area (Å²) in [5.74, 6) is 0.330. The predicted octanol–water partition coefficient (Wildman–Crippen LogP) is 0.846. The summed E-state index contributed by atoms with van der Waals surface area (Å²) in [6.45, 7) is 0.351. The molecule has 134 valence electrons. The molecular formula is C17H14BFN6O2. The number of H-pyrrole nitrogens is 1. The third-order valence-electron chi connectivity index (χ3n) is 4.03. The zero-order chi connectivity index (χ0) is 18.8. The van der Waals surface area contributed by atoms with Crippen molar-refractivity contribution in [1.82, 2.24) is 25.1 Å². The molecule has 0 aliphatic rings. The SMILES string of the molecule is OB(O)c1cccc2c(-c3ncnc(NCc4cccc(F)c4)n3)n[nH]c12. The molecule has 2 aromatic carbocycles. The Balaban J connectivity index is 1.63. The Hall–Kier alpha value is -3.37. The number of nitrogens with one attached hydrogen (secondary N) is 2. The normalized spacial score (nSPS) is 10.9. The molecule has 27 heavy (non-hydrogen) atoms. The van der Waals surface area contributed by atoms with Gasteiger partial charge in [-0.05, 0) is 17.7 Å². The van der Waals surface area contributed by atoms with Gasteiger partial charge in [-0.3, -0.25) is 5.10 Å². The van der Waals surface area contributed by atoms with Crippen LogP contribution in [-0.2, 0) is 6.54 Å². The molecule has 0 saturated heterocycles. The van der Waals surface area contributed by atoms with Crippen LogP contribution in [0.25, 0.3) is 22.4 Å². The van der Waals surface area contributed by atoms with Crippen LogP contribution < -0.4 is 10.8 Å². The van der Waals surface area contributed by atoms with Gasteiger partial charge in [-0.1, -0.05) is 30.3 Å². The summed E-state index contributed by atoms with van der Waals surface area (Å²) in [7, 11) is -1.62. The van der Waals surface area contributed by atoms with Crippen LogP contribution >= 0.6 is 0 Å². The second-order valence-electron chi connectivity index (χ2n) is 5.83. The number of halogens is 1. The standard InChI is InChI=1S/C17H14BFN6O2/c19-11-4-1-3-10(7-11)8-20-17-22-9-21-16(23-17)15-12-5-2-6-13(18(26)27)14(12)24-25-15/h1-7,9,26-27H,8H2,(H,24,25)(H,20,21,22,23). The van der Waals surface area contributed by atoms with Crippen LogP contribution in [0.1, 0.15) is 5.56 Å². The number of para-hydroxylation sites is 1. The summed E-state index contributed by atoms with van der Waals surface area (Å²) >= 11 is 0. The van der Waals surface area contributed by atoms with Crippen molar-refractivity contribution in [1.29, 1.82) is 0 Å². The molecule has 0 bridgehead atoms. The number of benzene rings is 2. The van der Waals surface area contributed by atoms with Crippen molar-refractivity contribution in [3.8, 4) is 11.5 Å². The molecule has 10 heteroatoms. The van der Waals surface area contributed by atoms with E-state index in [-0.39, 0.29) is 5.82 Å². The maximum atomic E-state index is 13.3. The van der Waals surface area contributed by atoms with E-state index in [4.69, 9.17) is 0 Å². The molecule has 2 heterocycles. The Bertz CT molecular complexity index is 1100. The summed E-state index contributed by atoms with van der Waals surface area (Å²) < 4.78 is 13.3. The highest BCUT2D eigenvalue weighted by Crippen LogP contribution is 2.22. The van der Waals surface area contributed by atoms with Crippen LogP contribution in [0, 0.1) is 5.82 Å². The van der Waals surface area contributed by atoms with Crippen LogP contribution in [0.2, 0.25) is 0 Å². The molecule has 4 rings (SSSR count). The minimum absolute atomic E-state index is 0.310. The Morgan fingerprint density at radius 3 is 2.78 bits per heavy atom. The molecule has 2 aromatic heterocycles. The fourth-order valence-corrected chi connectivity index (χ4v) is 2.77. The van der Waals surface area contributed by atoms with Crippen molar-refractivity contribution in [3.05, 3.63) is 60.2 Å². The van der Waals surface area contributed by atoms with Gasteiger partial charge < -0.3 is 15.4 Å². The van der Waals surface area contributed by atoms with Gasteiger partial charge in [0.25, 0.3) is 0 Å². The fourth-order valence-electron chi connectivity index (χ4n) is 2.77. The van der Waals surface area contributed by atoms with Gasteiger partial charge in [-0.2, -0.15) is 10.1 Å². The van der Waals surface area contributed by atoms with Gasteiger partial charge in [-0.15, -0.1) is 0 Å². The maximum absolute atomic E-state index is 13.3. The second-order valence-corrected chi connectivity index (χ2v) is 5.83. The van der Waals surface area contributed by atoms with Crippen LogP contribution in [-0.4, -0.2) is 42.3 Å². The number of rotatable bonds is 5. The molecular weight excluding hydrogens is 350 g/mol. The van der Waals surface area contributed by atoms with E-state index in [9.17, 15) is 14.4 Å². The van der Waals surface area contributed by atoms with E-state index in [2.05, 4.69) is 30.5 Å². The minimum atomic E-state index is -1.62. The summed E-state index contributed by atoms with van der Waals surface area (Å²) in [5.41, 5.74) is 2.02. The molecule has 0 radical (unpaired) electrons. The molecule has 0 aliphatic carbocycles. The topological polar surface area (TPSA) is 120 Å². The Labute approximate surface area is 153 Å². The lowest BCUT2D eigenvalue weighted by Gasteiger charge is -2.06. The van der Waals surface area contributed by atoms with Crippen molar-refractivity contribution >= 4 is 29.4 Å². The number of hydrogen-bond acceptors (Lipinski definition) is 7. The van der Waals surface area contributed by atoms with Crippen molar-refractivity contribution in [2.24, 2.45) is 0 Å². The summed E-state index contributed by atoms with van der Waals surface area (Å²) in [6, 6.07) is 11.3. The molecule has 0 fully saturated rings. The summed E-state index contributed by atoms with van der Waals surface area (Å²) in [6.07, 6.45) is 1.35. The molecule has 0 saturated carbocycles. The van der Waals surface area contributed by atoms with Crippen LogP contribution in [0.5, 0.6) is 0 Å².